The first kappa shape index (κ1) is 4.61. The first-order valence-corrected chi connectivity index (χ1v) is 2.79. The van der Waals surface area contributed by atoms with E-state index in [-0.39, 0.29) is 0 Å². The quantitative estimate of drug-likeness (QED) is 0.505. The molecule has 0 aromatic carbocycles. The van der Waals surface area contributed by atoms with Crippen LogP contribution in [0.4, 0.5) is 5.69 Å². The van der Waals surface area contributed by atoms with E-state index in [0.29, 0.717) is 0 Å². The van der Waals surface area contributed by atoms with Gasteiger partial charge in [-0.3, -0.25) is 4.99 Å². The molecule has 1 aromatic rings. The summed E-state index contributed by atoms with van der Waals surface area (Å²) in [7, 11) is 0. The van der Waals surface area contributed by atoms with E-state index < -0.39 is 0 Å². The summed E-state index contributed by atoms with van der Waals surface area (Å²) in [5.74, 6) is 0. The van der Waals surface area contributed by atoms with Crippen molar-refractivity contribution in [1.82, 2.24) is 10.2 Å². The molecule has 0 unspecified atom stereocenters. The van der Waals surface area contributed by atoms with Gasteiger partial charge in [-0.1, -0.05) is 0 Å². The molecule has 0 radical (unpaired) electrons. The first-order chi connectivity index (χ1) is 4.47. The number of aliphatic imine (C=N–C) groups is 1. The van der Waals surface area contributed by atoms with Crippen LogP contribution >= 0.6 is 0 Å². The fourth-order valence-electron chi connectivity index (χ4n) is 0.856. The van der Waals surface area contributed by atoms with E-state index in [4.69, 9.17) is 0 Å². The van der Waals surface area contributed by atoms with Gasteiger partial charge in [-0.2, -0.15) is 10.2 Å². The zero-order valence-corrected chi connectivity index (χ0v) is 4.78. The van der Waals surface area contributed by atoms with Gasteiger partial charge in [0.1, 0.15) is 0 Å². The van der Waals surface area contributed by atoms with Crippen LogP contribution in [0.3, 0.4) is 0 Å². The smallest absolute Gasteiger partial charge is 0.0879 e. The van der Waals surface area contributed by atoms with E-state index in [0.717, 1.165) is 12.1 Å². The molecule has 0 saturated heterocycles. The molecule has 0 saturated carbocycles. The summed E-state index contributed by atoms with van der Waals surface area (Å²) in [6.45, 7) is 0. The predicted octanol–water partition coefficient (Wildman–Crippen LogP) is 0.735. The summed E-state index contributed by atoms with van der Waals surface area (Å²) < 4.78 is 0. The Morgan fingerprint density at radius 3 is 3.00 bits per heavy atom. The third-order valence-electron chi connectivity index (χ3n) is 1.33. The maximum atomic E-state index is 4.07. The summed E-state index contributed by atoms with van der Waals surface area (Å²) in [6, 6.07) is 0. The van der Waals surface area contributed by atoms with Gasteiger partial charge in [0, 0.05) is 18.2 Å². The zero-order valence-electron chi connectivity index (χ0n) is 4.78. The van der Waals surface area contributed by atoms with Gasteiger partial charge in [0.2, 0.25) is 0 Å². The van der Waals surface area contributed by atoms with Crippen molar-refractivity contribution in [2.75, 3.05) is 0 Å². The van der Waals surface area contributed by atoms with Gasteiger partial charge in [0.05, 0.1) is 18.1 Å². The minimum atomic E-state index is 0.908. The lowest BCUT2D eigenvalue weighted by Crippen LogP contribution is -1.82. The monoisotopic (exact) mass is 119 g/mol. The standard InChI is InChI=1S/C6H5N3/c1-2-7-6-4-9-8-3-5(1)6/h2-4H,1H2. The molecule has 0 atom stereocenters. The molecule has 3 nitrogen and oxygen atoms in total. The van der Waals surface area contributed by atoms with Crippen molar-refractivity contribution in [2.24, 2.45) is 4.99 Å². The summed E-state index contributed by atoms with van der Waals surface area (Å²) in [5, 5.41) is 7.42. The van der Waals surface area contributed by atoms with Crippen molar-refractivity contribution in [2.45, 2.75) is 6.42 Å². The lowest BCUT2D eigenvalue weighted by molar-refractivity contribution is 1.01. The Kier molecular flexibility index (Phi) is 0.828. The second-order valence-electron chi connectivity index (χ2n) is 1.92. The van der Waals surface area contributed by atoms with Crippen LogP contribution in [0.25, 0.3) is 0 Å². The van der Waals surface area contributed by atoms with E-state index in [1.807, 2.05) is 6.21 Å². The average Bonchev–Trinajstić information content (AvgIpc) is 2.33. The van der Waals surface area contributed by atoms with Crippen LogP contribution in [0, 0.1) is 0 Å². The summed E-state index contributed by atoms with van der Waals surface area (Å²) in [6.07, 6.45) is 6.21. The summed E-state index contributed by atoms with van der Waals surface area (Å²) in [4.78, 5) is 4.07. The Morgan fingerprint density at radius 2 is 2.11 bits per heavy atom. The molecule has 0 N–H and O–H groups in total. The minimum Gasteiger partial charge on any atom is -0.259 e. The molecule has 9 heavy (non-hydrogen) atoms. The highest BCUT2D eigenvalue weighted by Crippen LogP contribution is 2.19. The van der Waals surface area contributed by atoms with E-state index in [1.165, 1.54) is 5.56 Å². The highest BCUT2D eigenvalue weighted by molar-refractivity contribution is 5.74. The third-order valence-corrected chi connectivity index (χ3v) is 1.33. The number of fused-ring (bicyclic) bond motifs is 1. The van der Waals surface area contributed by atoms with Gasteiger partial charge in [-0.05, 0) is 0 Å². The van der Waals surface area contributed by atoms with E-state index >= 15 is 0 Å². The van der Waals surface area contributed by atoms with Crippen LogP contribution in [-0.4, -0.2) is 16.4 Å². The topological polar surface area (TPSA) is 38.1 Å². The van der Waals surface area contributed by atoms with Crippen molar-refractivity contribution in [3.05, 3.63) is 18.0 Å². The summed E-state index contributed by atoms with van der Waals surface area (Å²) in [5.41, 5.74) is 2.13. The van der Waals surface area contributed by atoms with Gasteiger partial charge < -0.3 is 0 Å². The van der Waals surface area contributed by atoms with Crippen LogP contribution < -0.4 is 0 Å². The molecule has 1 aliphatic heterocycles. The average molecular weight is 119 g/mol. The van der Waals surface area contributed by atoms with Crippen molar-refractivity contribution in [1.29, 1.82) is 0 Å². The SMILES string of the molecule is C1=Nc2cnncc2C1. The van der Waals surface area contributed by atoms with Gasteiger partial charge in [-0.15, -0.1) is 0 Å². The molecule has 0 amide bonds. The Bertz CT molecular complexity index is 254. The second-order valence-corrected chi connectivity index (χ2v) is 1.92. The van der Waals surface area contributed by atoms with Crippen LogP contribution in [0.2, 0.25) is 0 Å². The van der Waals surface area contributed by atoms with Crippen LogP contribution in [-0.2, 0) is 6.42 Å². The third kappa shape index (κ3) is 0.614. The van der Waals surface area contributed by atoms with Gasteiger partial charge >= 0.3 is 0 Å². The first-order valence-electron chi connectivity index (χ1n) is 2.79. The number of nitrogens with zero attached hydrogens (tertiary/aromatic N) is 3. The Morgan fingerprint density at radius 1 is 1.22 bits per heavy atom. The number of hydrogen-bond donors (Lipinski definition) is 0. The van der Waals surface area contributed by atoms with E-state index in [1.54, 1.807) is 12.4 Å². The number of hydrogen-bond acceptors (Lipinski definition) is 3. The maximum Gasteiger partial charge on any atom is 0.0879 e. The molecular formula is C6H5N3. The molecule has 1 aliphatic rings. The minimum absolute atomic E-state index is 0.908. The molecular weight excluding hydrogens is 114 g/mol. The molecule has 2 heterocycles. The zero-order chi connectivity index (χ0) is 6.10. The fourth-order valence-corrected chi connectivity index (χ4v) is 0.856. The van der Waals surface area contributed by atoms with Crippen LogP contribution in [0.15, 0.2) is 17.4 Å². The largest absolute Gasteiger partial charge is 0.259 e. The molecule has 0 aliphatic carbocycles. The highest BCUT2D eigenvalue weighted by atomic mass is 15.1. The number of aromatic nitrogens is 2. The number of rotatable bonds is 0. The van der Waals surface area contributed by atoms with Crippen molar-refractivity contribution in [3.8, 4) is 0 Å². The van der Waals surface area contributed by atoms with Gasteiger partial charge in [-0.25, -0.2) is 0 Å². The Balaban J connectivity index is 2.63. The summed E-state index contributed by atoms with van der Waals surface area (Å²) >= 11 is 0. The molecule has 0 bridgehead atoms. The van der Waals surface area contributed by atoms with E-state index in [2.05, 4.69) is 15.2 Å². The van der Waals surface area contributed by atoms with Gasteiger partial charge in [0.25, 0.3) is 0 Å². The molecule has 44 valence electrons. The maximum absolute atomic E-state index is 4.07. The molecule has 0 spiro atoms. The van der Waals surface area contributed by atoms with Crippen molar-refractivity contribution in [3.63, 3.8) is 0 Å². The lowest BCUT2D eigenvalue weighted by atomic mass is 10.2. The molecule has 3 heteroatoms. The van der Waals surface area contributed by atoms with Gasteiger partial charge in [0.15, 0.2) is 0 Å². The Labute approximate surface area is 52.5 Å². The molecule has 2 rings (SSSR count). The fraction of sp³-hybridized carbons (Fsp3) is 0.167. The van der Waals surface area contributed by atoms with Crippen LogP contribution in [0.1, 0.15) is 5.56 Å². The van der Waals surface area contributed by atoms with Crippen LogP contribution in [0.5, 0.6) is 0 Å². The predicted molar refractivity (Wildman–Crippen MR) is 33.9 cm³/mol. The van der Waals surface area contributed by atoms with Crippen molar-refractivity contribution >= 4 is 11.9 Å². The highest BCUT2D eigenvalue weighted by Gasteiger charge is 2.03. The second kappa shape index (κ2) is 1.62. The molecule has 1 aromatic heterocycles. The normalized spacial score (nSPS) is 13.8. The Hall–Kier alpha value is -1.25. The molecule has 0 fully saturated rings. The van der Waals surface area contributed by atoms with Crippen molar-refractivity contribution < 1.29 is 0 Å². The lowest BCUT2D eigenvalue weighted by Gasteiger charge is -1.89. The van der Waals surface area contributed by atoms with E-state index in [9.17, 15) is 0 Å².